The Morgan fingerprint density at radius 2 is 2.00 bits per heavy atom. The molecule has 0 heterocycles. The summed E-state index contributed by atoms with van der Waals surface area (Å²) >= 11 is 9.78. The molecule has 0 aromatic heterocycles. The average molecular weight is 355 g/mol. The van der Waals surface area contributed by atoms with E-state index in [1.54, 1.807) is 0 Å². The van der Waals surface area contributed by atoms with Gasteiger partial charge in [0, 0.05) is 22.1 Å². The summed E-state index contributed by atoms with van der Waals surface area (Å²) in [5, 5.41) is 4.67. The molecule has 0 radical (unpaired) electrons. The molecule has 3 aliphatic carbocycles. The molecule has 1 aromatic rings. The summed E-state index contributed by atoms with van der Waals surface area (Å²) in [7, 11) is 0. The molecule has 0 amide bonds. The van der Waals surface area contributed by atoms with Gasteiger partial charge in [0.15, 0.2) is 0 Å². The van der Waals surface area contributed by atoms with Crippen molar-refractivity contribution in [1.29, 1.82) is 0 Å². The number of halogens is 2. The minimum atomic E-state index is 0.735. The van der Waals surface area contributed by atoms with Gasteiger partial charge >= 0.3 is 0 Å². The van der Waals surface area contributed by atoms with E-state index in [1.807, 2.05) is 6.07 Å². The van der Waals surface area contributed by atoms with E-state index in [-0.39, 0.29) is 0 Å². The van der Waals surface area contributed by atoms with Gasteiger partial charge < -0.3 is 5.32 Å². The largest absolute Gasteiger partial charge is 0.310 e. The zero-order valence-corrected chi connectivity index (χ0v) is 14.0. The molecule has 3 aliphatic rings. The highest BCUT2D eigenvalue weighted by Crippen LogP contribution is 2.58. The Kier molecular flexibility index (Phi) is 3.60. The molecule has 0 spiro atoms. The van der Waals surface area contributed by atoms with E-state index in [9.17, 15) is 0 Å². The number of benzene rings is 1. The van der Waals surface area contributed by atoms with Crippen LogP contribution in [-0.2, 0) is 6.54 Å². The lowest BCUT2D eigenvalue weighted by atomic mass is 9.79. The van der Waals surface area contributed by atoms with Crippen LogP contribution in [0.25, 0.3) is 0 Å². The second kappa shape index (κ2) is 5.30. The summed E-state index contributed by atoms with van der Waals surface area (Å²) in [4.78, 5) is 0. The van der Waals surface area contributed by atoms with Gasteiger partial charge in [0.1, 0.15) is 0 Å². The van der Waals surface area contributed by atoms with Crippen molar-refractivity contribution < 1.29 is 0 Å². The van der Waals surface area contributed by atoms with E-state index in [1.165, 1.54) is 37.7 Å². The maximum atomic E-state index is 6.31. The van der Waals surface area contributed by atoms with Crippen molar-refractivity contribution in [3.63, 3.8) is 0 Å². The van der Waals surface area contributed by atoms with Gasteiger partial charge in [0.05, 0.1) is 0 Å². The molecule has 1 N–H and O–H groups in total. The van der Waals surface area contributed by atoms with Gasteiger partial charge in [-0.1, -0.05) is 40.0 Å². The van der Waals surface area contributed by atoms with E-state index in [0.29, 0.717) is 0 Å². The van der Waals surface area contributed by atoms with E-state index in [0.717, 1.165) is 45.8 Å². The molecule has 108 valence electrons. The van der Waals surface area contributed by atoms with Crippen LogP contribution in [0.4, 0.5) is 0 Å². The fourth-order valence-corrected chi connectivity index (χ4v) is 5.95. The molecule has 2 bridgehead atoms. The first-order valence-corrected chi connectivity index (χ1v) is 9.07. The van der Waals surface area contributed by atoms with E-state index >= 15 is 0 Å². The Hall–Kier alpha value is -0.0500. The Morgan fingerprint density at radius 3 is 2.85 bits per heavy atom. The topological polar surface area (TPSA) is 12.0 Å². The minimum Gasteiger partial charge on any atom is -0.310 e. The van der Waals surface area contributed by atoms with Crippen LogP contribution in [0.5, 0.6) is 0 Å². The van der Waals surface area contributed by atoms with E-state index < -0.39 is 0 Å². The average Bonchev–Trinajstić information content (AvgIpc) is 3.10. The first kappa shape index (κ1) is 13.6. The van der Waals surface area contributed by atoms with Crippen molar-refractivity contribution in [2.24, 2.45) is 23.7 Å². The summed E-state index contributed by atoms with van der Waals surface area (Å²) < 4.78 is 1.06. The fourth-order valence-electron chi connectivity index (χ4n) is 5.21. The first-order chi connectivity index (χ1) is 9.72. The highest BCUT2D eigenvalue weighted by Gasteiger charge is 2.53. The van der Waals surface area contributed by atoms with Crippen LogP contribution in [0.15, 0.2) is 22.7 Å². The summed E-state index contributed by atoms with van der Waals surface area (Å²) in [6, 6.07) is 6.94. The molecule has 3 heteroatoms. The molecular formula is C17H21BrClN. The van der Waals surface area contributed by atoms with Gasteiger partial charge in [-0.05, 0) is 67.1 Å². The van der Waals surface area contributed by atoms with Crippen molar-refractivity contribution >= 4 is 27.5 Å². The minimum absolute atomic E-state index is 0.735. The lowest BCUT2D eigenvalue weighted by Gasteiger charge is -2.32. The van der Waals surface area contributed by atoms with Crippen LogP contribution in [-0.4, -0.2) is 6.04 Å². The van der Waals surface area contributed by atoms with Crippen molar-refractivity contribution in [2.45, 2.75) is 44.7 Å². The second-order valence-corrected chi connectivity index (χ2v) is 8.20. The predicted molar refractivity (Wildman–Crippen MR) is 86.8 cm³/mol. The molecular weight excluding hydrogens is 334 g/mol. The highest BCUT2D eigenvalue weighted by molar-refractivity contribution is 9.10. The normalized spacial score (nSPS) is 38.4. The first-order valence-electron chi connectivity index (χ1n) is 7.89. The van der Waals surface area contributed by atoms with E-state index in [2.05, 4.69) is 33.4 Å². The van der Waals surface area contributed by atoms with E-state index in [4.69, 9.17) is 11.6 Å². The Morgan fingerprint density at radius 1 is 1.15 bits per heavy atom. The molecule has 3 saturated carbocycles. The molecule has 4 rings (SSSR count). The van der Waals surface area contributed by atoms with Crippen molar-refractivity contribution in [3.8, 4) is 0 Å². The molecule has 5 unspecified atom stereocenters. The summed E-state index contributed by atoms with van der Waals surface area (Å²) in [6.45, 7) is 0.914. The molecule has 5 atom stereocenters. The number of nitrogens with one attached hydrogen (secondary N) is 1. The van der Waals surface area contributed by atoms with Gasteiger partial charge in [-0.25, -0.2) is 0 Å². The SMILES string of the molecule is Clc1cc(Br)ccc1CNC1CC2CC1C1CCCC21. The summed E-state index contributed by atoms with van der Waals surface area (Å²) in [5.41, 5.74) is 1.22. The van der Waals surface area contributed by atoms with Gasteiger partial charge in [-0.15, -0.1) is 0 Å². The van der Waals surface area contributed by atoms with Crippen LogP contribution in [0, 0.1) is 23.7 Å². The van der Waals surface area contributed by atoms with Crippen molar-refractivity contribution in [1.82, 2.24) is 5.32 Å². The number of rotatable bonds is 3. The van der Waals surface area contributed by atoms with Crippen LogP contribution in [0.2, 0.25) is 5.02 Å². The van der Waals surface area contributed by atoms with Gasteiger partial charge in [0.2, 0.25) is 0 Å². The number of hydrogen-bond acceptors (Lipinski definition) is 1. The smallest absolute Gasteiger partial charge is 0.0462 e. The Labute approximate surface area is 134 Å². The van der Waals surface area contributed by atoms with Crippen LogP contribution >= 0.6 is 27.5 Å². The van der Waals surface area contributed by atoms with Gasteiger partial charge in [0.25, 0.3) is 0 Å². The summed E-state index contributed by atoms with van der Waals surface area (Å²) in [6.07, 6.45) is 7.37. The van der Waals surface area contributed by atoms with Gasteiger partial charge in [-0.3, -0.25) is 0 Å². The quantitative estimate of drug-likeness (QED) is 0.804. The van der Waals surface area contributed by atoms with Crippen LogP contribution < -0.4 is 5.32 Å². The fraction of sp³-hybridized carbons (Fsp3) is 0.647. The third-order valence-corrected chi connectivity index (χ3v) is 6.84. The number of fused-ring (bicyclic) bond motifs is 5. The molecule has 0 saturated heterocycles. The Bertz CT molecular complexity index is 518. The maximum Gasteiger partial charge on any atom is 0.0462 e. The third-order valence-electron chi connectivity index (χ3n) is 6.00. The Balaban J connectivity index is 1.41. The molecule has 20 heavy (non-hydrogen) atoms. The van der Waals surface area contributed by atoms with Crippen LogP contribution in [0.1, 0.15) is 37.7 Å². The lowest BCUT2D eigenvalue weighted by molar-refractivity contribution is 0.208. The summed E-state index contributed by atoms with van der Waals surface area (Å²) in [5.74, 6) is 4.08. The maximum absolute atomic E-state index is 6.31. The standard InChI is InChI=1S/C17H21BrClN/c18-12-5-4-10(16(19)8-12)9-20-17-7-11-6-15(17)14-3-1-2-13(11)14/h4-5,8,11,13-15,17,20H,1-3,6-7,9H2. The molecule has 0 aliphatic heterocycles. The molecule has 3 fully saturated rings. The molecule has 1 aromatic carbocycles. The number of hydrogen-bond donors (Lipinski definition) is 1. The highest BCUT2D eigenvalue weighted by atomic mass is 79.9. The molecule has 1 nitrogen and oxygen atoms in total. The monoisotopic (exact) mass is 353 g/mol. The van der Waals surface area contributed by atoms with Crippen LogP contribution in [0.3, 0.4) is 0 Å². The van der Waals surface area contributed by atoms with Crippen molar-refractivity contribution in [3.05, 3.63) is 33.3 Å². The zero-order valence-electron chi connectivity index (χ0n) is 11.6. The zero-order chi connectivity index (χ0) is 13.7. The second-order valence-electron chi connectivity index (χ2n) is 6.88. The third kappa shape index (κ3) is 2.24. The van der Waals surface area contributed by atoms with Gasteiger partial charge in [-0.2, -0.15) is 0 Å². The lowest BCUT2D eigenvalue weighted by Crippen LogP contribution is -2.38. The predicted octanol–water partition coefficient (Wildman–Crippen LogP) is 5.02. The van der Waals surface area contributed by atoms with Crippen molar-refractivity contribution in [2.75, 3.05) is 0 Å².